The second kappa shape index (κ2) is 5.17. The molecule has 1 aromatic rings. The van der Waals surface area contributed by atoms with Gasteiger partial charge in [-0.3, -0.25) is 5.32 Å². The van der Waals surface area contributed by atoms with Crippen LogP contribution in [0.25, 0.3) is 0 Å². The molecule has 2 amide bonds. The Hall–Kier alpha value is -1.81. The van der Waals surface area contributed by atoms with Crippen molar-refractivity contribution in [1.82, 2.24) is 20.1 Å². The van der Waals surface area contributed by atoms with Crippen LogP contribution in [0.3, 0.4) is 0 Å². The highest BCUT2D eigenvalue weighted by molar-refractivity contribution is 7.09. The van der Waals surface area contributed by atoms with Gasteiger partial charge >= 0.3 is 12.0 Å². The van der Waals surface area contributed by atoms with E-state index in [4.69, 9.17) is 10.2 Å². The van der Waals surface area contributed by atoms with E-state index in [0.717, 1.165) is 11.5 Å². The lowest BCUT2D eigenvalue weighted by molar-refractivity contribution is -0.140. The molecule has 0 aromatic carbocycles. The summed E-state index contributed by atoms with van der Waals surface area (Å²) in [6.45, 7) is -0.697. The summed E-state index contributed by atoms with van der Waals surface area (Å²) >= 11 is 0.840. The first kappa shape index (κ1) is 11.3. The zero-order chi connectivity index (χ0) is 11.3. The molecular formula is C5H7N5O4S. The minimum Gasteiger partial charge on any atom is -0.480 e. The Kier molecular flexibility index (Phi) is 3.88. The van der Waals surface area contributed by atoms with Crippen LogP contribution in [-0.4, -0.2) is 49.7 Å². The smallest absolute Gasteiger partial charge is 0.328 e. The van der Waals surface area contributed by atoms with Crippen LogP contribution in [0.2, 0.25) is 0 Å². The number of carboxylic acids is 1. The van der Waals surface area contributed by atoms with Crippen LogP contribution in [0.5, 0.6) is 0 Å². The van der Waals surface area contributed by atoms with Crippen molar-refractivity contribution < 1.29 is 19.8 Å². The molecule has 0 saturated heterocycles. The summed E-state index contributed by atoms with van der Waals surface area (Å²) in [4.78, 5) is 21.5. The monoisotopic (exact) mass is 233 g/mol. The van der Waals surface area contributed by atoms with Crippen LogP contribution in [0.15, 0.2) is 0 Å². The van der Waals surface area contributed by atoms with E-state index in [9.17, 15) is 9.59 Å². The second-order valence-electron chi connectivity index (χ2n) is 2.34. The van der Waals surface area contributed by atoms with Gasteiger partial charge in [-0.1, -0.05) is 9.59 Å². The van der Waals surface area contributed by atoms with Crippen molar-refractivity contribution in [2.24, 2.45) is 0 Å². The van der Waals surface area contributed by atoms with Crippen LogP contribution in [0, 0.1) is 0 Å². The molecule has 1 aromatic heterocycles. The number of anilines is 1. The van der Waals surface area contributed by atoms with Gasteiger partial charge in [0.25, 0.3) is 0 Å². The van der Waals surface area contributed by atoms with Gasteiger partial charge in [-0.15, -0.1) is 0 Å². The Bertz CT molecular complexity index is 341. The summed E-state index contributed by atoms with van der Waals surface area (Å²) in [7, 11) is 0. The first-order chi connectivity index (χ1) is 7.13. The summed E-state index contributed by atoms with van der Waals surface area (Å²) in [5, 5.41) is 28.1. The van der Waals surface area contributed by atoms with Gasteiger partial charge in [-0.25, -0.2) is 9.59 Å². The number of hydrogen-bond donors (Lipinski definition) is 4. The number of nitrogens with zero attached hydrogens (tertiary/aromatic N) is 3. The van der Waals surface area contributed by atoms with Gasteiger partial charge < -0.3 is 15.5 Å². The molecule has 4 N–H and O–H groups in total. The minimum absolute atomic E-state index is 0.134. The highest BCUT2D eigenvalue weighted by Gasteiger charge is 2.18. The Balaban J connectivity index is 2.45. The van der Waals surface area contributed by atoms with E-state index in [1.54, 1.807) is 0 Å². The average Bonchev–Trinajstić information content (AvgIpc) is 2.66. The molecule has 1 heterocycles. The number of urea groups is 1. The fourth-order valence-corrected chi connectivity index (χ4v) is 1.02. The number of carboxylic acid groups (broad SMARTS) is 1. The molecule has 0 aliphatic carbocycles. The summed E-state index contributed by atoms with van der Waals surface area (Å²) in [5.74, 6) is -1.33. The van der Waals surface area contributed by atoms with E-state index in [2.05, 4.69) is 20.1 Å². The quantitative estimate of drug-likeness (QED) is 0.496. The SMILES string of the molecule is O=C(Nc1nnns1)NC(CO)C(=O)O. The predicted octanol–water partition coefficient (Wildman–Crippen LogP) is -1.50. The highest BCUT2D eigenvalue weighted by Crippen LogP contribution is 2.03. The van der Waals surface area contributed by atoms with Crippen molar-refractivity contribution >= 4 is 28.7 Å². The first-order valence-corrected chi connectivity index (χ1v) is 4.47. The number of aliphatic carboxylic acids is 1. The number of aliphatic hydroxyl groups is 1. The summed E-state index contributed by atoms with van der Waals surface area (Å²) in [6, 6.07) is -2.15. The van der Waals surface area contributed by atoms with Crippen molar-refractivity contribution in [1.29, 1.82) is 0 Å². The first-order valence-electron chi connectivity index (χ1n) is 3.69. The van der Waals surface area contributed by atoms with Gasteiger partial charge in [0.05, 0.1) is 6.61 Å². The highest BCUT2D eigenvalue weighted by atomic mass is 32.1. The lowest BCUT2D eigenvalue weighted by Gasteiger charge is -2.10. The number of carbonyl (C=O) groups is 2. The number of aromatic nitrogens is 3. The molecule has 1 rings (SSSR count). The van der Waals surface area contributed by atoms with Crippen molar-refractivity contribution in [3.63, 3.8) is 0 Å². The van der Waals surface area contributed by atoms with Gasteiger partial charge in [-0.05, 0) is 5.21 Å². The third-order valence-corrected chi connectivity index (χ3v) is 1.82. The number of nitrogens with one attached hydrogen (secondary N) is 2. The molecule has 0 aliphatic heterocycles. The number of aliphatic hydroxyl groups excluding tert-OH is 1. The molecular weight excluding hydrogens is 226 g/mol. The fourth-order valence-electron chi connectivity index (χ4n) is 0.659. The Morgan fingerprint density at radius 3 is 2.73 bits per heavy atom. The van der Waals surface area contributed by atoms with Gasteiger partial charge in [-0.2, -0.15) is 0 Å². The van der Waals surface area contributed by atoms with E-state index < -0.39 is 24.6 Å². The molecule has 0 spiro atoms. The van der Waals surface area contributed by atoms with Crippen molar-refractivity contribution in [2.75, 3.05) is 11.9 Å². The Morgan fingerprint density at radius 1 is 1.53 bits per heavy atom. The summed E-state index contributed by atoms with van der Waals surface area (Å²) < 4.78 is 3.38. The van der Waals surface area contributed by atoms with E-state index >= 15 is 0 Å². The molecule has 15 heavy (non-hydrogen) atoms. The normalized spacial score (nSPS) is 11.8. The van der Waals surface area contributed by atoms with Gasteiger partial charge in [0, 0.05) is 11.5 Å². The Morgan fingerprint density at radius 2 is 2.27 bits per heavy atom. The molecule has 82 valence electrons. The van der Waals surface area contributed by atoms with E-state index in [1.165, 1.54) is 0 Å². The molecule has 0 fully saturated rings. The fraction of sp³-hybridized carbons (Fsp3) is 0.400. The third-order valence-electron chi connectivity index (χ3n) is 1.31. The van der Waals surface area contributed by atoms with Gasteiger partial charge in [0.2, 0.25) is 5.13 Å². The second-order valence-corrected chi connectivity index (χ2v) is 3.07. The van der Waals surface area contributed by atoms with Gasteiger partial charge in [0.1, 0.15) is 0 Å². The van der Waals surface area contributed by atoms with Crippen LogP contribution in [-0.2, 0) is 4.79 Å². The zero-order valence-electron chi connectivity index (χ0n) is 7.25. The summed E-state index contributed by atoms with van der Waals surface area (Å²) in [5.41, 5.74) is 0. The number of rotatable bonds is 4. The molecule has 9 nitrogen and oxygen atoms in total. The molecule has 10 heteroatoms. The molecule has 0 bridgehead atoms. The van der Waals surface area contributed by atoms with Crippen LogP contribution < -0.4 is 10.6 Å². The summed E-state index contributed by atoms with van der Waals surface area (Å²) in [6.07, 6.45) is 0. The maximum absolute atomic E-state index is 11.1. The molecule has 1 atom stereocenters. The number of amides is 2. The molecule has 0 saturated carbocycles. The van der Waals surface area contributed by atoms with Crippen molar-refractivity contribution in [3.05, 3.63) is 0 Å². The maximum Gasteiger partial charge on any atom is 0.328 e. The zero-order valence-corrected chi connectivity index (χ0v) is 8.06. The molecule has 0 aliphatic rings. The van der Waals surface area contributed by atoms with E-state index in [0.29, 0.717) is 0 Å². The van der Waals surface area contributed by atoms with Crippen LogP contribution in [0.4, 0.5) is 9.93 Å². The number of carbonyl (C=O) groups excluding carboxylic acids is 1. The maximum atomic E-state index is 11.1. The minimum atomic E-state index is -1.36. The van der Waals surface area contributed by atoms with E-state index in [-0.39, 0.29) is 5.13 Å². The number of hydrogen-bond acceptors (Lipinski definition) is 7. The Labute approximate surface area is 87.3 Å². The third kappa shape index (κ3) is 3.44. The van der Waals surface area contributed by atoms with Crippen LogP contribution >= 0.6 is 11.5 Å². The largest absolute Gasteiger partial charge is 0.480 e. The van der Waals surface area contributed by atoms with Crippen molar-refractivity contribution in [2.45, 2.75) is 6.04 Å². The average molecular weight is 233 g/mol. The molecule has 0 radical (unpaired) electrons. The van der Waals surface area contributed by atoms with Crippen LogP contribution in [0.1, 0.15) is 0 Å². The lowest BCUT2D eigenvalue weighted by Crippen LogP contribution is -2.45. The van der Waals surface area contributed by atoms with E-state index in [1.807, 2.05) is 5.32 Å². The standard InChI is InChI=1S/C5H7N5O4S/c11-1-2(3(12)13)6-4(14)7-5-8-9-10-15-5/h2,11H,1H2,(H,12,13)(H2,6,7,8,10,14). The topological polar surface area (TPSA) is 137 Å². The molecule has 1 unspecified atom stereocenters. The van der Waals surface area contributed by atoms with Gasteiger partial charge in [0.15, 0.2) is 6.04 Å². The predicted molar refractivity (Wildman–Crippen MR) is 48.4 cm³/mol. The lowest BCUT2D eigenvalue weighted by atomic mass is 10.3. The van der Waals surface area contributed by atoms with Crippen molar-refractivity contribution in [3.8, 4) is 0 Å².